The summed E-state index contributed by atoms with van der Waals surface area (Å²) in [5.41, 5.74) is 11.3. The van der Waals surface area contributed by atoms with Gasteiger partial charge in [0.15, 0.2) is 0 Å². The summed E-state index contributed by atoms with van der Waals surface area (Å²) >= 11 is 14.1. The molecule has 0 amide bonds. The highest BCUT2D eigenvalue weighted by Gasteiger charge is 2.33. The first-order chi connectivity index (χ1) is 49.9. The Morgan fingerprint density at radius 2 is 0.564 bits per heavy atom. The fourth-order valence-electron chi connectivity index (χ4n) is 17.4. The Balaban J connectivity index is 1.12. The minimum absolute atomic E-state index is 0.620. The number of nitrogens with zero attached hydrogens (tertiary/aromatic N) is 4. The minimum Gasteiger partial charge on any atom is -0.337 e. The maximum atomic E-state index is 5.56. The van der Waals surface area contributed by atoms with E-state index in [-0.39, 0.29) is 0 Å². The van der Waals surface area contributed by atoms with Crippen LogP contribution in [0.15, 0.2) is 35.0 Å². The zero-order valence-electron chi connectivity index (χ0n) is 65.2. The fraction of sp³-hybridized carbons (Fsp3) is 0.711. The van der Waals surface area contributed by atoms with Crippen molar-refractivity contribution in [3.05, 3.63) is 44.8 Å². The molecule has 101 heavy (non-hydrogen) atoms. The van der Waals surface area contributed by atoms with Gasteiger partial charge in [-0.3, -0.25) is 0 Å². The molecule has 1 aromatic carbocycles. The molecule has 0 fully saturated rings. The molecule has 560 valence electrons. The number of rotatable bonds is 58. The summed E-state index contributed by atoms with van der Waals surface area (Å²) in [6.45, 7) is 21.1. The third-order valence-corrected chi connectivity index (χ3v) is 30.9. The molecular weight excluding hydrogens is 1360 g/mol. The molecule has 0 aliphatic rings. The van der Waals surface area contributed by atoms with Gasteiger partial charge in [0, 0.05) is 65.3 Å². The minimum atomic E-state index is 0.620. The van der Waals surface area contributed by atoms with Crippen molar-refractivity contribution in [3.63, 3.8) is 0 Å². The second kappa shape index (κ2) is 44.6. The standard InChI is InChI=1S/C90H138N4S7/c1-9-17-25-33-37-45-51-67(49-41-29-21-13-5)61-71-57-59-75(97-71)73-65-95-89-83-87(99-85(73)89)77-79-80(92-101-91-79)78-82(81(77)93(83)63-69(53-43-31-23-15-7)55-47-39-35-27-19-11-3)94(64-70(54-44-32-24-16-8)56-48-40-36-28-20-12-4)84-88(78)100-86-74(66-96-90(84)86)76-60-58-72(98-76)62-68(50-42-30-22-14-6)52-46-38-34-26-18-10-2/h57-60,65-70H,9-56,61-64H2,1-8H3. The lowest BCUT2D eigenvalue weighted by Crippen LogP contribution is -2.14. The normalized spacial score (nSPS) is 13.7. The van der Waals surface area contributed by atoms with Gasteiger partial charge < -0.3 is 9.13 Å². The third-order valence-electron chi connectivity index (χ3n) is 23.4. The van der Waals surface area contributed by atoms with Gasteiger partial charge in [0.1, 0.15) is 11.0 Å². The molecular formula is C90H138N4S7. The van der Waals surface area contributed by atoms with Gasteiger partial charge in [-0.05, 0) is 86.5 Å². The number of hydrogen-bond acceptors (Lipinski definition) is 9. The lowest BCUT2D eigenvalue weighted by Gasteiger charge is -2.22. The number of fused-ring (bicyclic) bond motifs is 14. The summed E-state index contributed by atoms with van der Waals surface area (Å²) in [5, 5.41) is 7.98. The number of hydrogen-bond donors (Lipinski definition) is 0. The molecule has 0 aliphatic carbocycles. The van der Waals surface area contributed by atoms with Crippen LogP contribution in [0.3, 0.4) is 0 Å². The van der Waals surface area contributed by atoms with Gasteiger partial charge in [-0.25, -0.2) is 0 Å². The van der Waals surface area contributed by atoms with Gasteiger partial charge in [-0.2, -0.15) is 8.75 Å². The number of unbranched alkanes of at least 4 members (excludes halogenated alkanes) is 32. The maximum Gasteiger partial charge on any atom is 0.116 e. The Morgan fingerprint density at radius 1 is 0.287 bits per heavy atom. The molecule has 0 radical (unpaired) electrons. The van der Waals surface area contributed by atoms with E-state index < -0.39 is 0 Å². The maximum absolute atomic E-state index is 5.56. The van der Waals surface area contributed by atoms with Crippen molar-refractivity contribution in [2.45, 2.75) is 390 Å². The van der Waals surface area contributed by atoms with Crippen molar-refractivity contribution in [1.29, 1.82) is 0 Å². The van der Waals surface area contributed by atoms with E-state index in [1.165, 1.54) is 415 Å². The zero-order valence-corrected chi connectivity index (χ0v) is 70.9. The molecule has 0 saturated heterocycles. The van der Waals surface area contributed by atoms with Crippen LogP contribution in [0.1, 0.15) is 373 Å². The van der Waals surface area contributed by atoms with Crippen molar-refractivity contribution in [1.82, 2.24) is 17.9 Å². The quantitative estimate of drug-likeness (QED) is 0.0356. The highest BCUT2D eigenvalue weighted by atomic mass is 32.1. The summed E-state index contributed by atoms with van der Waals surface area (Å²) in [5.74, 6) is 2.82. The monoisotopic (exact) mass is 1500 g/mol. The Labute approximate surface area is 643 Å². The SMILES string of the molecule is CCCCCCCCC(CCCCCC)Cc1ccc(-c2csc3c2sc2c4c5nsnc5c5c6sc7c(-c8ccc(CC(CCCCCC)CCCCCCCC)s8)csc7c6n(CC(CCCCCC)CCCCCCCC)c5c4n(CC(CCCCCC)CCCCCCCC)c32)s1. The Hall–Kier alpha value is -2.64. The average molecular weight is 1500 g/mol. The molecule has 11 heteroatoms. The number of aromatic nitrogens is 4. The van der Waals surface area contributed by atoms with Gasteiger partial charge in [-0.15, -0.1) is 68.0 Å². The lowest BCUT2D eigenvalue weighted by molar-refractivity contribution is 0.363. The molecule has 10 aromatic rings. The molecule has 4 nitrogen and oxygen atoms in total. The molecule has 0 spiro atoms. The van der Waals surface area contributed by atoms with E-state index >= 15 is 0 Å². The highest BCUT2D eigenvalue weighted by Crippen LogP contribution is 2.56. The first kappa shape index (κ1) is 80.9. The van der Waals surface area contributed by atoms with E-state index in [0.717, 1.165) is 36.0 Å². The summed E-state index contributed by atoms with van der Waals surface area (Å²) in [7, 11) is 0. The first-order valence-electron chi connectivity index (χ1n) is 43.0. The van der Waals surface area contributed by atoms with Gasteiger partial charge in [0.2, 0.25) is 0 Å². The van der Waals surface area contributed by atoms with Crippen LogP contribution < -0.4 is 0 Å². The predicted octanol–water partition coefficient (Wildman–Crippen LogP) is 34.4. The van der Waals surface area contributed by atoms with Crippen LogP contribution in [0.4, 0.5) is 0 Å². The van der Waals surface area contributed by atoms with E-state index in [2.05, 4.69) is 168 Å². The molecule has 0 N–H and O–H groups in total. The zero-order chi connectivity index (χ0) is 70.4. The van der Waals surface area contributed by atoms with E-state index in [0.29, 0.717) is 11.8 Å². The van der Waals surface area contributed by atoms with Crippen molar-refractivity contribution < 1.29 is 0 Å². The van der Waals surface area contributed by atoms with Crippen LogP contribution in [0.25, 0.3) is 93.0 Å². The molecule has 4 unspecified atom stereocenters. The Kier molecular flexibility index (Phi) is 35.7. The van der Waals surface area contributed by atoms with Crippen LogP contribution in [0, 0.1) is 23.7 Å². The second-order valence-corrected chi connectivity index (χ2v) is 38.5. The number of thiophene rings is 6. The number of benzene rings is 1. The van der Waals surface area contributed by atoms with Gasteiger partial charge in [0.05, 0.1) is 62.0 Å². The molecule has 0 bridgehead atoms. The van der Waals surface area contributed by atoms with Gasteiger partial charge in [-0.1, -0.05) is 338 Å². The van der Waals surface area contributed by atoms with Crippen LogP contribution in [-0.4, -0.2) is 17.9 Å². The largest absolute Gasteiger partial charge is 0.337 e. The Morgan fingerprint density at radius 3 is 0.871 bits per heavy atom. The van der Waals surface area contributed by atoms with Crippen molar-refractivity contribution in [3.8, 4) is 20.9 Å². The van der Waals surface area contributed by atoms with Crippen LogP contribution >= 0.6 is 79.7 Å². The fourth-order valence-corrected chi connectivity index (χ4v) is 26.0. The van der Waals surface area contributed by atoms with E-state index in [1.54, 1.807) is 9.75 Å². The summed E-state index contributed by atoms with van der Waals surface area (Å²) in [6.07, 6.45) is 67.9. The summed E-state index contributed by atoms with van der Waals surface area (Å²) < 4.78 is 26.1. The first-order valence-corrected chi connectivity index (χ1v) is 48.8. The molecule has 0 aliphatic heterocycles. The van der Waals surface area contributed by atoms with Crippen LogP contribution in [0.5, 0.6) is 0 Å². The van der Waals surface area contributed by atoms with E-state index in [4.69, 9.17) is 8.75 Å². The third kappa shape index (κ3) is 22.3. The van der Waals surface area contributed by atoms with Crippen molar-refractivity contribution in [2.24, 2.45) is 23.7 Å². The van der Waals surface area contributed by atoms with Crippen LogP contribution in [-0.2, 0) is 25.9 Å². The average Bonchev–Trinajstić information content (AvgIpc) is 1.51. The van der Waals surface area contributed by atoms with Crippen LogP contribution in [0.2, 0.25) is 0 Å². The highest BCUT2D eigenvalue weighted by molar-refractivity contribution is 7.35. The van der Waals surface area contributed by atoms with Crippen molar-refractivity contribution >= 4 is 152 Å². The van der Waals surface area contributed by atoms with Gasteiger partial charge >= 0.3 is 0 Å². The Bertz CT molecular complexity index is 3650. The molecule has 10 rings (SSSR count). The van der Waals surface area contributed by atoms with Crippen molar-refractivity contribution in [2.75, 3.05) is 0 Å². The molecule has 9 heterocycles. The molecule has 9 aromatic heterocycles. The van der Waals surface area contributed by atoms with E-state index in [9.17, 15) is 0 Å². The lowest BCUT2D eigenvalue weighted by atomic mass is 9.91. The van der Waals surface area contributed by atoms with E-state index in [1.807, 2.05) is 0 Å². The topological polar surface area (TPSA) is 35.6 Å². The molecule has 4 atom stereocenters. The molecule has 0 saturated carbocycles. The predicted molar refractivity (Wildman–Crippen MR) is 465 cm³/mol. The smallest absolute Gasteiger partial charge is 0.116 e. The van der Waals surface area contributed by atoms with Gasteiger partial charge in [0.25, 0.3) is 0 Å². The second-order valence-electron chi connectivity index (χ2n) is 31.8. The summed E-state index contributed by atoms with van der Waals surface area (Å²) in [4.78, 5) is 6.15. The summed E-state index contributed by atoms with van der Waals surface area (Å²) in [6, 6.07) is 10.1.